The Morgan fingerprint density at radius 2 is 1.85 bits per heavy atom. The SMILES string of the molecule is Fc1cc(OCCN2CCCC2)cc(-c2ccnc3[nH]c(-c4n[nH]c5ccc(-c6cncc(CNCC7CCCC7)c6)nc45)cc23)c1. The number of hydrogen-bond donors (Lipinski definition) is 3. The highest BCUT2D eigenvalue weighted by Gasteiger charge is 2.18. The molecule has 0 bridgehead atoms. The molecule has 1 saturated heterocycles. The van der Waals surface area contributed by atoms with Crippen LogP contribution in [0.4, 0.5) is 4.39 Å². The molecule has 240 valence electrons. The molecule has 8 rings (SSSR count). The molecule has 1 aliphatic carbocycles. The topological polar surface area (TPSA) is 108 Å². The van der Waals surface area contributed by atoms with Crippen LogP contribution in [-0.2, 0) is 6.54 Å². The van der Waals surface area contributed by atoms with E-state index >= 15 is 0 Å². The van der Waals surface area contributed by atoms with Gasteiger partial charge in [-0.15, -0.1) is 0 Å². The second-order valence-electron chi connectivity index (χ2n) is 12.9. The van der Waals surface area contributed by atoms with Crippen LogP contribution in [0.25, 0.3) is 55.8 Å². The van der Waals surface area contributed by atoms with E-state index < -0.39 is 0 Å². The molecule has 3 N–H and O–H groups in total. The maximum absolute atomic E-state index is 14.8. The Kier molecular flexibility index (Phi) is 8.35. The van der Waals surface area contributed by atoms with Crippen molar-refractivity contribution >= 4 is 22.1 Å². The van der Waals surface area contributed by atoms with Crippen LogP contribution >= 0.6 is 0 Å². The van der Waals surface area contributed by atoms with E-state index in [1.807, 2.05) is 42.7 Å². The average Bonchev–Trinajstić information content (AvgIpc) is 3.91. The number of aromatic nitrogens is 6. The second kappa shape index (κ2) is 13.2. The van der Waals surface area contributed by atoms with Gasteiger partial charge >= 0.3 is 0 Å². The monoisotopic (exact) mass is 630 g/mol. The molecule has 0 spiro atoms. The molecule has 0 amide bonds. The highest BCUT2D eigenvalue weighted by Crippen LogP contribution is 2.35. The van der Waals surface area contributed by atoms with Gasteiger partial charge in [0.1, 0.15) is 35.0 Å². The standard InChI is InChI=1S/C37H39FN8O/c38-28-16-26(17-29(18-28)47-14-13-46-11-3-4-12-46)30-9-10-41-37-31(30)19-34(43-37)36-35-33(44-45-36)8-7-32(42-35)27-15-25(22-40-23-27)21-39-20-24-5-1-2-6-24/h7-10,15-19,22-24,39H,1-6,11-14,20-21H2,(H,41,43)(H,44,45). The van der Waals surface area contributed by atoms with Crippen molar-refractivity contribution in [3.05, 3.63) is 78.5 Å². The molecular formula is C37H39FN8O. The number of H-pyrrole nitrogens is 2. The highest BCUT2D eigenvalue weighted by molar-refractivity contribution is 5.99. The van der Waals surface area contributed by atoms with Crippen molar-refractivity contribution in [2.75, 3.05) is 32.8 Å². The third-order valence-electron chi connectivity index (χ3n) is 9.58. The first-order chi connectivity index (χ1) is 23.2. The third kappa shape index (κ3) is 6.48. The lowest BCUT2D eigenvalue weighted by Gasteiger charge is -2.15. The largest absolute Gasteiger partial charge is 0.492 e. The molecule has 5 aromatic heterocycles. The number of ether oxygens (including phenoxy) is 1. The van der Waals surface area contributed by atoms with Crippen LogP contribution < -0.4 is 10.1 Å². The van der Waals surface area contributed by atoms with E-state index in [9.17, 15) is 4.39 Å². The van der Waals surface area contributed by atoms with Gasteiger partial charge in [0.15, 0.2) is 0 Å². The smallest absolute Gasteiger partial charge is 0.138 e. The van der Waals surface area contributed by atoms with E-state index in [-0.39, 0.29) is 5.82 Å². The Bertz CT molecular complexity index is 2010. The summed E-state index contributed by atoms with van der Waals surface area (Å²) in [6.07, 6.45) is 13.3. The van der Waals surface area contributed by atoms with E-state index in [1.54, 1.807) is 12.3 Å². The van der Waals surface area contributed by atoms with E-state index in [4.69, 9.17) is 9.72 Å². The molecule has 9 nitrogen and oxygen atoms in total. The summed E-state index contributed by atoms with van der Waals surface area (Å²) in [6, 6.07) is 15.0. The highest BCUT2D eigenvalue weighted by atomic mass is 19.1. The molecule has 6 aromatic rings. The summed E-state index contributed by atoms with van der Waals surface area (Å²) in [7, 11) is 0. The molecule has 1 saturated carbocycles. The van der Waals surface area contributed by atoms with Crippen LogP contribution in [0.3, 0.4) is 0 Å². The first-order valence-electron chi connectivity index (χ1n) is 16.8. The molecule has 0 radical (unpaired) electrons. The molecule has 10 heteroatoms. The van der Waals surface area contributed by atoms with E-state index in [0.29, 0.717) is 23.7 Å². The molecule has 6 heterocycles. The predicted molar refractivity (Wildman–Crippen MR) is 182 cm³/mol. The number of fused-ring (bicyclic) bond motifs is 2. The molecule has 2 aliphatic rings. The van der Waals surface area contributed by atoms with Gasteiger partial charge < -0.3 is 15.0 Å². The van der Waals surface area contributed by atoms with Gasteiger partial charge in [-0.2, -0.15) is 5.10 Å². The fourth-order valence-electron chi connectivity index (χ4n) is 7.11. The number of halogens is 1. The zero-order chi connectivity index (χ0) is 31.6. The van der Waals surface area contributed by atoms with Crippen molar-refractivity contribution < 1.29 is 9.13 Å². The minimum atomic E-state index is -0.336. The van der Waals surface area contributed by atoms with Gasteiger partial charge in [0.05, 0.1) is 16.9 Å². The van der Waals surface area contributed by atoms with Gasteiger partial charge in [-0.1, -0.05) is 12.8 Å². The van der Waals surface area contributed by atoms with Crippen molar-refractivity contribution in [3.63, 3.8) is 0 Å². The molecular weight excluding hydrogens is 591 g/mol. The number of aromatic amines is 2. The Balaban J connectivity index is 1.05. The number of benzene rings is 1. The van der Waals surface area contributed by atoms with Crippen LogP contribution in [-0.4, -0.2) is 67.8 Å². The van der Waals surface area contributed by atoms with E-state index in [2.05, 4.69) is 41.4 Å². The number of rotatable bonds is 11. The van der Waals surface area contributed by atoms with Gasteiger partial charge in [-0.3, -0.25) is 15.0 Å². The fourth-order valence-corrected chi connectivity index (χ4v) is 7.11. The van der Waals surface area contributed by atoms with Crippen LogP contribution in [0.5, 0.6) is 5.75 Å². The first kappa shape index (κ1) is 29.7. The predicted octanol–water partition coefficient (Wildman–Crippen LogP) is 7.12. The molecule has 1 aliphatic heterocycles. The molecule has 0 atom stereocenters. The summed E-state index contributed by atoms with van der Waals surface area (Å²) >= 11 is 0. The number of pyridine rings is 3. The summed E-state index contributed by atoms with van der Waals surface area (Å²) in [5.41, 5.74) is 8.26. The van der Waals surface area contributed by atoms with Crippen LogP contribution in [0.2, 0.25) is 0 Å². The van der Waals surface area contributed by atoms with Gasteiger partial charge in [0.25, 0.3) is 0 Å². The summed E-state index contributed by atoms with van der Waals surface area (Å²) in [5.74, 6) is 0.983. The maximum atomic E-state index is 14.8. The maximum Gasteiger partial charge on any atom is 0.138 e. The van der Waals surface area contributed by atoms with Crippen molar-refractivity contribution in [1.82, 2.24) is 40.3 Å². The van der Waals surface area contributed by atoms with Crippen molar-refractivity contribution in [3.8, 4) is 39.5 Å². The van der Waals surface area contributed by atoms with Gasteiger partial charge in [0, 0.05) is 48.7 Å². The van der Waals surface area contributed by atoms with Crippen molar-refractivity contribution in [1.29, 1.82) is 0 Å². The third-order valence-corrected chi connectivity index (χ3v) is 9.58. The Hall–Kier alpha value is -4.67. The summed E-state index contributed by atoms with van der Waals surface area (Å²) in [4.78, 5) is 19.9. The Morgan fingerprint density at radius 3 is 2.74 bits per heavy atom. The minimum Gasteiger partial charge on any atom is -0.492 e. The zero-order valence-corrected chi connectivity index (χ0v) is 26.4. The quantitative estimate of drug-likeness (QED) is 0.140. The van der Waals surface area contributed by atoms with Crippen molar-refractivity contribution in [2.45, 2.75) is 45.1 Å². The van der Waals surface area contributed by atoms with E-state index in [0.717, 1.165) is 88.7 Å². The van der Waals surface area contributed by atoms with Gasteiger partial charge in [-0.05, 0) is 110 Å². The lowest BCUT2D eigenvalue weighted by atomic mass is 10.0. The number of hydrogen-bond acceptors (Lipinski definition) is 7. The normalized spacial score (nSPS) is 15.8. The molecule has 47 heavy (non-hydrogen) atoms. The number of nitrogens with one attached hydrogen (secondary N) is 3. The zero-order valence-electron chi connectivity index (χ0n) is 26.4. The average molecular weight is 631 g/mol. The summed E-state index contributed by atoms with van der Waals surface area (Å²) < 4.78 is 20.8. The first-order valence-corrected chi connectivity index (χ1v) is 16.8. The van der Waals surface area contributed by atoms with E-state index in [1.165, 1.54) is 44.6 Å². The lowest BCUT2D eigenvalue weighted by Crippen LogP contribution is -2.25. The van der Waals surface area contributed by atoms with Crippen LogP contribution in [0.1, 0.15) is 44.1 Å². The molecule has 0 unspecified atom stereocenters. The Morgan fingerprint density at radius 1 is 0.957 bits per heavy atom. The van der Waals surface area contributed by atoms with Crippen molar-refractivity contribution in [2.24, 2.45) is 5.92 Å². The summed E-state index contributed by atoms with van der Waals surface area (Å²) in [5, 5.41) is 12.2. The number of likely N-dealkylation sites (tertiary alicyclic amines) is 1. The lowest BCUT2D eigenvalue weighted by molar-refractivity contribution is 0.237. The minimum absolute atomic E-state index is 0.336. The van der Waals surface area contributed by atoms with Gasteiger partial charge in [0.2, 0.25) is 0 Å². The number of nitrogens with zero attached hydrogens (tertiary/aromatic N) is 5. The molecule has 1 aromatic carbocycles. The fraction of sp³-hybridized carbons (Fsp3) is 0.351. The van der Waals surface area contributed by atoms with Crippen LogP contribution in [0, 0.1) is 11.7 Å². The Labute approximate surface area is 273 Å². The summed E-state index contributed by atoms with van der Waals surface area (Å²) in [6.45, 7) is 5.43. The second-order valence-corrected chi connectivity index (χ2v) is 12.9. The molecule has 2 fully saturated rings. The van der Waals surface area contributed by atoms with Gasteiger partial charge in [-0.25, -0.2) is 14.4 Å². The van der Waals surface area contributed by atoms with Crippen LogP contribution in [0.15, 0.2) is 67.1 Å².